The van der Waals surface area contributed by atoms with Gasteiger partial charge in [-0.2, -0.15) is 0 Å². The van der Waals surface area contributed by atoms with Crippen LogP contribution >= 0.6 is 0 Å². The van der Waals surface area contributed by atoms with Crippen molar-refractivity contribution in [1.29, 1.82) is 0 Å². The zero-order valence-corrected chi connectivity index (χ0v) is 12.8. The third-order valence-electron chi connectivity index (χ3n) is 2.80. The van der Waals surface area contributed by atoms with E-state index in [1.54, 1.807) is 20.8 Å². The van der Waals surface area contributed by atoms with E-state index in [9.17, 15) is 4.79 Å². The Bertz CT molecular complexity index is 290. The maximum atomic E-state index is 11.8. The molecule has 0 amide bonds. The second-order valence-corrected chi connectivity index (χ2v) is 5.83. The quantitative estimate of drug-likeness (QED) is 0.592. The summed E-state index contributed by atoms with van der Waals surface area (Å²) in [4.78, 5) is 11.8. The highest BCUT2D eigenvalue weighted by Gasteiger charge is 2.29. The number of hydrogen-bond donors (Lipinski definition) is 0. The molecule has 0 aliphatic carbocycles. The number of rotatable bonds is 9. The molecule has 0 unspecified atom stereocenters. The van der Waals surface area contributed by atoms with Crippen LogP contribution in [0.2, 0.25) is 0 Å². The summed E-state index contributed by atoms with van der Waals surface area (Å²) in [6, 6.07) is 0. The lowest BCUT2D eigenvalue weighted by Gasteiger charge is -2.29. The molecular formula is C15H28O3. The second-order valence-electron chi connectivity index (χ2n) is 5.83. The Morgan fingerprint density at radius 2 is 1.67 bits per heavy atom. The molecule has 0 aromatic carbocycles. The van der Waals surface area contributed by atoms with Crippen LogP contribution < -0.4 is 0 Å². The molecule has 0 aromatic heterocycles. The Morgan fingerprint density at radius 1 is 1.11 bits per heavy atom. The molecule has 0 spiro atoms. The van der Waals surface area contributed by atoms with Gasteiger partial charge in [-0.3, -0.25) is 4.79 Å². The van der Waals surface area contributed by atoms with Crippen LogP contribution in [0.25, 0.3) is 0 Å². The van der Waals surface area contributed by atoms with E-state index in [1.807, 2.05) is 13.8 Å². The van der Waals surface area contributed by atoms with E-state index in [2.05, 4.69) is 13.5 Å². The molecule has 0 aromatic rings. The predicted octanol–water partition coefficient (Wildman–Crippen LogP) is 3.52. The molecule has 18 heavy (non-hydrogen) atoms. The molecule has 3 nitrogen and oxygen atoms in total. The Kier molecular flexibility index (Phi) is 6.79. The molecule has 0 rings (SSSR count). The molecule has 0 aliphatic rings. The van der Waals surface area contributed by atoms with Crippen molar-refractivity contribution >= 4 is 5.78 Å². The summed E-state index contributed by atoms with van der Waals surface area (Å²) in [5, 5.41) is 0. The van der Waals surface area contributed by atoms with Gasteiger partial charge in [-0.1, -0.05) is 13.5 Å². The molecule has 0 saturated heterocycles. The smallest absolute Gasteiger partial charge is 0.189 e. The van der Waals surface area contributed by atoms with E-state index >= 15 is 0 Å². The monoisotopic (exact) mass is 256 g/mol. The fourth-order valence-electron chi connectivity index (χ4n) is 1.58. The average Bonchev–Trinajstić information content (AvgIpc) is 2.24. The third-order valence-corrected chi connectivity index (χ3v) is 2.80. The van der Waals surface area contributed by atoms with Gasteiger partial charge >= 0.3 is 0 Å². The number of carbonyl (C=O) groups is 1. The molecule has 106 valence electrons. The van der Waals surface area contributed by atoms with Gasteiger partial charge in [-0.05, 0) is 53.0 Å². The van der Waals surface area contributed by atoms with Crippen LogP contribution in [-0.2, 0) is 14.3 Å². The first-order valence-corrected chi connectivity index (χ1v) is 6.60. The summed E-state index contributed by atoms with van der Waals surface area (Å²) in [5.74, 6) is -0.0465. The summed E-state index contributed by atoms with van der Waals surface area (Å²) in [7, 11) is 0. The van der Waals surface area contributed by atoms with Gasteiger partial charge in [0, 0.05) is 6.61 Å². The predicted molar refractivity (Wildman–Crippen MR) is 74.8 cm³/mol. The van der Waals surface area contributed by atoms with Crippen LogP contribution in [0.15, 0.2) is 12.2 Å². The van der Waals surface area contributed by atoms with Crippen molar-refractivity contribution in [3.8, 4) is 0 Å². The number of ketones is 1. The summed E-state index contributed by atoms with van der Waals surface area (Å²) in [6.07, 6.45) is 1.77. The molecule has 0 saturated carbocycles. The van der Waals surface area contributed by atoms with Gasteiger partial charge in [-0.15, -0.1) is 0 Å². The molecule has 0 aliphatic heterocycles. The van der Waals surface area contributed by atoms with Gasteiger partial charge in [0.15, 0.2) is 5.78 Å². The summed E-state index contributed by atoms with van der Waals surface area (Å²) in [6.45, 7) is 16.4. The Balaban J connectivity index is 4.17. The fourth-order valence-corrected chi connectivity index (χ4v) is 1.58. The number of hydrogen-bond acceptors (Lipinski definition) is 3. The molecule has 0 fully saturated rings. The number of ether oxygens (including phenoxy) is 2. The summed E-state index contributed by atoms with van der Waals surface area (Å²) >= 11 is 0. The van der Waals surface area contributed by atoms with Crippen LogP contribution in [-0.4, -0.2) is 30.2 Å². The minimum atomic E-state index is -0.799. The van der Waals surface area contributed by atoms with Crippen LogP contribution in [0.1, 0.15) is 54.4 Å². The minimum absolute atomic E-state index is 0.0465. The van der Waals surface area contributed by atoms with E-state index < -0.39 is 5.60 Å². The zero-order chi connectivity index (χ0) is 14.4. The van der Waals surface area contributed by atoms with E-state index in [4.69, 9.17) is 9.47 Å². The van der Waals surface area contributed by atoms with Crippen molar-refractivity contribution in [2.24, 2.45) is 0 Å². The van der Waals surface area contributed by atoms with Crippen molar-refractivity contribution in [3.63, 3.8) is 0 Å². The van der Waals surface area contributed by atoms with Crippen molar-refractivity contribution in [2.75, 3.05) is 13.2 Å². The second kappa shape index (κ2) is 7.05. The maximum Gasteiger partial charge on any atom is 0.189 e. The van der Waals surface area contributed by atoms with E-state index in [1.165, 1.54) is 0 Å². The van der Waals surface area contributed by atoms with E-state index in [-0.39, 0.29) is 11.4 Å². The van der Waals surface area contributed by atoms with Gasteiger partial charge in [-0.25, -0.2) is 0 Å². The maximum absolute atomic E-state index is 11.8. The van der Waals surface area contributed by atoms with Crippen molar-refractivity contribution in [3.05, 3.63) is 12.2 Å². The first-order valence-electron chi connectivity index (χ1n) is 6.60. The van der Waals surface area contributed by atoms with Crippen LogP contribution in [0.4, 0.5) is 0 Å². The molecule has 0 heterocycles. The number of Topliss-reactive ketones (excluding diaryl/α,β-unsaturated/α-hetero) is 1. The largest absolute Gasteiger partial charge is 0.375 e. The van der Waals surface area contributed by atoms with E-state index in [0.29, 0.717) is 12.2 Å². The molecule has 0 N–H and O–H groups in total. The lowest BCUT2D eigenvalue weighted by Crippen LogP contribution is -2.37. The molecule has 0 bridgehead atoms. The van der Waals surface area contributed by atoms with Gasteiger partial charge in [0.2, 0.25) is 0 Å². The Labute approximate surface area is 112 Å². The average molecular weight is 256 g/mol. The normalized spacial score (nSPS) is 12.6. The van der Waals surface area contributed by atoms with Gasteiger partial charge in [0.25, 0.3) is 0 Å². The molecule has 0 atom stereocenters. The van der Waals surface area contributed by atoms with Crippen molar-refractivity contribution < 1.29 is 14.3 Å². The first-order chi connectivity index (χ1) is 8.12. The van der Waals surface area contributed by atoms with Crippen LogP contribution in [0.5, 0.6) is 0 Å². The van der Waals surface area contributed by atoms with E-state index in [0.717, 1.165) is 19.4 Å². The van der Waals surface area contributed by atoms with Crippen LogP contribution in [0, 0.1) is 0 Å². The van der Waals surface area contributed by atoms with Crippen LogP contribution in [0.3, 0.4) is 0 Å². The SMILES string of the molecule is C=C(C)C(=O)C(C)(C)OCCC(C)(C)OCCC. The third kappa shape index (κ3) is 6.31. The van der Waals surface area contributed by atoms with Gasteiger partial charge < -0.3 is 9.47 Å². The van der Waals surface area contributed by atoms with Gasteiger partial charge in [0.05, 0.1) is 12.2 Å². The highest BCUT2D eigenvalue weighted by atomic mass is 16.5. The lowest BCUT2D eigenvalue weighted by atomic mass is 9.98. The fraction of sp³-hybridized carbons (Fsp3) is 0.800. The lowest BCUT2D eigenvalue weighted by molar-refractivity contribution is -0.139. The zero-order valence-electron chi connectivity index (χ0n) is 12.8. The first kappa shape index (κ1) is 17.3. The summed E-state index contributed by atoms with van der Waals surface area (Å²) < 4.78 is 11.4. The summed E-state index contributed by atoms with van der Waals surface area (Å²) in [5.41, 5.74) is -0.480. The molecule has 0 radical (unpaired) electrons. The Hall–Kier alpha value is -0.670. The Morgan fingerprint density at radius 3 is 2.11 bits per heavy atom. The van der Waals surface area contributed by atoms with Gasteiger partial charge in [0.1, 0.15) is 5.60 Å². The number of carbonyl (C=O) groups excluding carboxylic acids is 1. The molecular weight excluding hydrogens is 228 g/mol. The topological polar surface area (TPSA) is 35.5 Å². The van der Waals surface area contributed by atoms with Crippen molar-refractivity contribution in [2.45, 2.75) is 65.6 Å². The highest BCUT2D eigenvalue weighted by molar-refractivity contribution is 6.00. The minimum Gasteiger partial charge on any atom is -0.375 e. The van der Waals surface area contributed by atoms with Crippen molar-refractivity contribution in [1.82, 2.24) is 0 Å². The molecule has 3 heteroatoms. The standard InChI is InChI=1S/C15H28O3/c1-8-10-17-14(4,5)9-11-18-15(6,7)13(16)12(2)3/h2,8-11H2,1,3-7H3. The highest BCUT2D eigenvalue weighted by Crippen LogP contribution is 2.19.